The number of nitrogens with zero attached hydrogens (tertiary/aromatic N) is 2. The van der Waals surface area contributed by atoms with E-state index in [0.717, 1.165) is 16.5 Å². The molecule has 0 saturated heterocycles. The Morgan fingerprint density at radius 2 is 2.05 bits per heavy atom. The normalized spacial score (nSPS) is 19.6. The molecule has 3 aliphatic rings. The lowest BCUT2D eigenvalue weighted by molar-refractivity contribution is -0.172. The van der Waals surface area contributed by atoms with Crippen LogP contribution >= 0.6 is 0 Å². The van der Waals surface area contributed by atoms with Gasteiger partial charge >= 0.3 is 5.97 Å². The van der Waals surface area contributed by atoms with Crippen molar-refractivity contribution in [3.05, 3.63) is 80.7 Å². The van der Waals surface area contributed by atoms with E-state index >= 15 is 0 Å². The zero-order chi connectivity index (χ0) is 26.8. The molecule has 0 radical (unpaired) electrons. The summed E-state index contributed by atoms with van der Waals surface area (Å²) in [5.74, 6) is -0.961. The Kier molecular flexibility index (Phi) is 5.43. The fourth-order valence-corrected chi connectivity index (χ4v) is 5.49. The molecule has 0 fully saturated rings. The maximum atomic E-state index is 13.3. The third-order valence-corrected chi connectivity index (χ3v) is 7.70. The molecule has 1 aliphatic carbocycles. The van der Waals surface area contributed by atoms with Crippen molar-refractivity contribution in [1.82, 2.24) is 9.55 Å². The molecule has 2 aliphatic heterocycles. The van der Waals surface area contributed by atoms with Crippen LogP contribution in [0.4, 0.5) is 5.69 Å². The molecule has 9 heteroatoms. The molecule has 1 aromatic carbocycles. The van der Waals surface area contributed by atoms with Crippen molar-refractivity contribution in [2.45, 2.75) is 51.4 Å². The highest BCUT2D eigenvalue weighted by Gasteiger charge is 2.45. The van der Waals surface area contributed by atoms with Crippen molar-refractivity contribution >= 4 is 34.1 Å². The number of cyclic esters (lactones) is 1. The number of Topliss-reactive ketones (excluding diaryl/α,β-unsaturated/α-hetero) is 1. The Morgan fingerprint density at radius 1 is 1.24 bits per heavy atom. The highest BCUT2D eigenvalue weighted by atomic mass is 16.6. The number of ketones is 2. The molecule has 0 spiro atoms. The standard InChI is InChI=1S/C29H25N3O6/c1-2-29(37)21-12-23-26-17(13-32(23)27(35)20(21)14-38-28(29)36)11-19-22(31-26)8-6-15(25(19)30)7-9-24(34)16-4-3-5-18(33)10-16/h3-4,6,8,10-12,37H,2,5,7,9,13-14,30H2,1H3/t29-/m0/s1. The second-order valence-corrected chi connectivity index (χ2v) is 9.90. The highest BCUT2D eigenvalue weighted by Crippen LogP contribution is 2.39. The van der Waals surface area contributed by atoms with Crippen molar-refractivity contribution in [3.63, 3.8) is 0 Å². The summed E-state index contributed by atoms with van der Waals surface area (Å²) in [7, 11) is 0. The molecule has 0 bridgehead atoms. The monoisotopic (exact) mass is 511 g/mol. The Labute approximate surface area is 217 Å². The number of hydrogen-bond donors (Lipinski definition) is 2. The molecule has 4 heterocycles. The topological polar surface area (TPSA) is 142 Å². The second-order valence-electron chi connectivity index (χ2n) is 9.90. The molecule has 38 heavy (non-hydrogen) atoms. The van der Waals surface area contributed by atoms with Gasteiger partial charge in [0.15, 0.2) is 17.2 Å². The highest BCUT2D eigenvalue weighted by molar-refractivity contribution is 6.06. The lowest BCUT2D eigenvalue weighted by Gasteiger charge is -2.31. The molecular weight excluding hydrogens is 486 g/mol. The van der Waals surface area contributed by atoms with Gasteiger partial charge in [0.2, 0.25) is 0 Å². The summed E-state index contributed by atoms with van der Waals surface area (Å²) in [6.45, 7) is 1.75. The minimum Gasteiger partial charge on any atom is -0.458 e. The van der Waals surface area contributed by atoms with E-state index < -0.39 is 11.6 Å². The molecule has 9 nitrogen and oxygen atoms in total. The fraction of sp³-hybridized carbons (Fsp3) is 0.276. The summed E-state index contributed by atoms with van der Waals surface area (Å²) >= 11 is 0. The number of aromatic nitrogens is 2. The fourth-order valence-electron chi connectivity index (χ4n) is 5.49. The zero-order valence-corrected chi connectivity index (χ0v) is 20.7. The van der Waals surface area contributed by atoms with E-state index in [4.69, 9.17) is 15.5 Å². The second kappa shape index (κ2) is 8.59. The van der Waals surface area contributed by atoms with Gasteiger partial charge in [0, 0.05) is 40.6 Å². The Hall–Kier alpha value is -4.37. The van der Waals surface area contributed by atoms with Gasteiger partial charge in [0.25, 0.3) is 5.56 Å². The molecule has 2 aromatic heterocycles. The molecule has 192 valence electrons. The van der Waals surface area contributed by atoms with Gasteiger partial charge in [0.1, 0.15) is 6.61 Å². The Balaban J connectivity index is 1.36. The number of pyridine rings is 2. The van der Waals surface area contributed by atoms with E-state index in [2.05, 4.69) is 0 Å². The number of fused-ring (bicyclic) bond motifs is 5. The number of nitrogens with two attached hydrogens (primary N) is 1. The van der Waals surface area contributed by atoms with Gasteiger partial charge in [0.05, 0.1) is 29.0 Å². The number of nitrogen functional groups attached to an aromatic ring is 1. The van der Waals surface area contributed by atoms with Crippen LogP contribution in [-0.2, 0) is 44.3 Å². The number of hydrogen-bond acceptors (Lipinski definition) is 8. The van der Waals surface area contributed by atoms with Gasteiger partial charge in [-0.2, -0.15) is 0 Å². The van der Waals surface area contributed by atoms with Gasteiger partial charge in [-0.1, -0.05) is 25.1 Å². The largest absolute Gasteiger partial charge is 0.458 e. The molecular formula is C29H25N3O6. The molecule has 6 rings (SSSR count). The van der Waals surface area contributed by atoms with Gasteiger partial charge in [-0.3, -0.25) is 14.4 Å². The van der Waals surface area contributed by atoms with E-state index in [9.17, 15) is 24.3 Å². The predicted octanol–water partition coefficient (Wildman–Crippen LogP) is 2.62. The van der Waals surface area contributed by atoms with E-state index in [-0.39, 0.29) is 54.2 Å². The first-order valence-corrected chi connectivity index (χ1v) is 12.5. The third-order valence-electron chi connectivity index (χ3n) is 7.70. The number of carbonyl (C=O) groups excluding carboxylic acids is 3. The van der Waals surface area contributed by atoms with E-state index in [1.54, 1.807) is 29.7 Å². The van der Waals surface area contributed by atoms with Crippen LogP contribution in [0.25, 0.3) is 22.3 Å². The minimum atomic E-state index is -1.88. The zero-order valence-electron chi connectivity index (χ0n) is 20.7. The number of anilines is 1. The molecule has 1 atom stereocenters. The number of ether oxygens (including phenoxy) is 1. The number of allylic oxidation sites excluding steroid dienone is 4. The number of aliphatic hydroxyl groups is 1. The van der Waals surface area contributed by atoms with Crippen LogP contribution in [0.3, 0.4) is 0 Å². The van der Waals surface area contributed by atoms with Crippen LogP contribution in [0.15, 0.2) is 52.9 Å². The quantitative estimate of drug-likeness (QED) is 0.308. The van der Waals surface area contributed by atoms with Crippen LogP contribution < -0.4 is 11.3 Å². The van der Waals surface area contributed by atoms with Crippen molar-refractivity contribution in [2.75, 3.05) is 5.73 Å². The lowest BCUT2D eigenvalue weighted by atomic mass is 9.86. The maximum absolute atomic E-state index is 13.3. The molecule has 0 saturated carbocycles. The van der Waals surface area contributed by atoms with Crippen LogP contribution in [0.5, 0.6) is 0 Å². The van der Waals surface area contributed by atoms with Crippen LogP contribution in [0.1, 0.15) is 48.4 Å². The Bertz CT molecular complexity index is 1710. The first-order chi connectivity index (χ1) is 18.2. The first-order valence-electron chi connectivity index (χ1n) is 12.5. The van der Waals surface area contributed by atoms with Gasteiger partial charge in [-0.15, -0.1) is 0 Å². The summed E-state index contributed by atoms with van der Waals surface area (Å²) in [5, 5.41) is 11.7. The van der Waals surface area contributed by atoms with Crippen LogP contribution in [-0.4, -0.2) is 32.2 Å². The van der Waals surface area contributed by atoms with Crippen LogP contribution in [0.2, 0.25) is 0 Å². The smallest absolute Gasteiger partial charge is 0.343 e. The first kappa shape index (κ1) is 24.0. The predicted molar refractivity (Wildman–Crippen MR) is 139 cm³/mol. The number of esters is 1. The van der Waals surface area contributed by atoms with E-state index in [0.29, 0.717) is 41.0 Å². The number of aryl methyl sites for hydroxylation is 1. The van der Waals surface area contributed by atoms with Crippen molar-refractivity contribution < 1.29 is 24.2 Å². The number of rotatable bonds is 5. The average molecular weight is 512 g/mol. The summed E-state index contributed by atoms with van der Waals surface area (Å²) < 4.78 is 6.70. The van der Waals surface area contributed by atoms with E-state index in [1.807, 2.05) is 18.2 Å². The Morgan fingerprint density at radius 3 is 2.82 bits per heavy atom. The lowest BCUT2D eigenvalue weighted by Crippen LogP contribution is -2.44. The average Bonchev–Trinajstić information content (AvgIpc) is 3.27. The SMILES string of the molecule is CC[C@@]1(O)C(=O)OCc2c1cc1n(c2=O)Cc2cc3c(N)c(CCC(=O)C4=CC(=O)CC=C4)ccc3nc2-1. The molecule has 3 N–H and O–H groups in total. The van der Waals surface area contributed by atoms with Gasteiger partial charge in [-0.25, -0.2) is 9.78 Å². The van der Waals surface area contributed by atoms with Crippen molar-refractivity contribution in [1.29, 1.82) is 0 Å². The molecule has 3 aromatic rings. The van der Waals surface area contributed by atoms with Crippen LogP contribution in [0, 0.1) is 0 Å². The molecule has 0 unspecified atom stereocenters. The summed E-state index contributed by atoms with van der Waals surface area (Å²) in [6.07, 6.45) is 5.78. The third kappa shape index (κ3) is 3.53. The summed E-state index contributed by atoms with van der Waals surface area (Å²) in [5.41, 5.74) is 9.12. The maximum Gasteiger partial charge on any atom is 0.343 e. The van der Waals surface area contributed by atoms with Gasteiger partial charge in [-0.05, 0) is 42.7 Å². The minimum absolute atomic E-state index is 0.0748. The molecule has 0 amide bonds. The summed E-state index contributed by atoms with van der Waals surface area (Å²) in [4.78, 5) is 54.7. The number of carbonyl (C=O) groups is 3. The van der Waals surface area contributed by atoms with Crippen molar-refractivity contribution in [2.24, 2.45) is 0 Å². The van der Waals surface area contributed by atoms with Crippen molar-refractivity contribution in [3.8, 4) is 11.4 Å². The van der Waals surface area contributed by atoms with Gasteiger partial charge < -0.3 is 20.1 Å². The summed E-state index contributed by atoms with van der Waals surface area (Å²) in [6, 6.07) is 7.24. The van der Waals surface area contributed by atoms with E-state index in [1.165, 1.54) is 6.08 Å². The number of benzene rings is 1.